The van der Waals surface area contributed by atoms with Crippen molar-refractivity contribution in [2.75, 3.05) is 19.0 Å². The number of ether oxygens (including phenoxy) is 2. The number of rotatable bonds is 11. The average molecular weight is 490 g/mol. The lowest BCUT2D eigenvalue weighted by molar-refractivity contribution is -0.146. The summed E-state index contributed by atoms with van der Waals surface area (Å²) in [5.41, 5.74) is 2.67. The normalized spacial score (nSPS) is 11.0. The van der Waals surface area contributed by atoms with Crippen molar-refractivity contribution >= 4 is 23.3 Å². The average Bonchev–Trinajstić information content (AvgIpc) is 2.85. The molecule has 0 bridgehead atoms. The van der Waals surface area contributed by atoms with Crippen molar-refractivity contribution in [3.05, 3.63) is 77.9 Å². The second-order valence-electron chi connectivity index (χ2n) is 9.09. The minimum atomic E-state index is -1.12. The third kappa shape index (κ3) is 6.72. The van der Waals surface area contributed by atoms with E-state index in [9.17, 15) is 19.5 Å². The number of amides is 1. The molecule has 0 saturated carbocycles. The number of nitrogens with one attached hydrogen (secondary N) is 1. The molecule has 3 aromatic carbocycles. The van der Waals surface area contributed by atoms with Gasteiger partial charge < -0.3 is 19.9 Å². The molecule has 3 rings (SSSR count). The Balaban J connectivity index is 1.61. The number of hydrogen-bond acceptors (Lipinski definition) is 5. The number of carboxylic acid groups (broad SMARTS) is 1. The highest BCUT2D eigenvalue weighted by atomic mass is 16.5. The summed E-state index contributed by atoms with van der Waals surface area (Å²) in [5.74, 6) is -0.136. The monoisotopic (exact) mass is 489 g/mol. The van der Waals surface area contributed by atoms with Crippen LogP contribution < -0.4 is 14.8 Å². The molecule has 0 atom stereocenters. The van der Waals surface area contributed by atoms with Crippen LogP contribution in [0.4, 0.5) is 5.69 Å². The molecule has 7 heteroatoms. The van der Waals surface area contributed by atoms with Crippen LogP contribution in [0.1, 0.15) is 43.1 Å². The van der Waals surface area contributed by atoms with E-state index in [2.05, 4.69) is 5.32 Å². The molecule has 0 unspecified atom stereocenters. The van der Waals surface area contributed by atoms with Gasteiger partial charge in [0.25, 0.3) is 0 Å². The number of carbonyl (C=O) groups is 3. The maximum atomic E-state index is 12.5. The zero-order chi connectivity index (χ0) is 26.3. The van der Waals surface area contributed by atoms with E-state index in [0.29, 0.717) is 29.4 Å². The Labute approximate surface area is 211 Å². The lowest BCUT2D eigenvalue weighted by Crippen LogP contribution is -2.26. The molecule has 0 fully saturated rings. The predicted molar refractivity (Wildman–Crippen MR) is 139 cm³/mol. The van der Waals surface area contributed by atoms with Crippen LogP contribution >= 0.6 is 0 Å². The summed E-state index contributed by atoms with van der Waals surface area (Å²) >= 11 is 0. The van der Waals surface area contributed by atoms with Crippen molar-refractivity contribution in [3.63, 3.8) is 0 Å². The first-order valence-electron chi connectivity index (χ1n) is 11.7. The van der Waals surface area contributed by atoms with Crippen LogP contribution in [0.25, 0.3) is 11.1 Å². The highest BCUT2D eigenvalue weighted by Gasteiger charge is 2.30. The van der Waals surface area contributed by atoms with E-state index in [1.54, 1.807) is 31.4 Å². The number of methoxy groups -OCH3 is 1. The first-order valence-corrected chi connectivity index (χ1v) is 11.7. The van der Waals surface area contributed by atoms with Crippen LogP contribution in [0.5, 0.6) is 11.5 Å². The van der Waals surface area contributed by atoms with Gasteiger partial charge in [0.15, 0.2) is 17.3 Å². The molecule has 36 heavy (non-hydrogen) atoms. The Morgan fingerprint density at radius 3 is 2.06 bits per heavy atom. The fraction of sp³-hybridized carbons (Fsp3) is 0.276. The van der Waals surface area contributed by atoms with Crippen LogP contribution in [-0.2, 0) is 16.0 Å². The quantitative estimate of drug-likeness (QED) is 0.339. The second kappa shape index (κ2) is 11.5. The zero-order valence-corrected chi connectivity index (χ0v) is 21.0. The number of carbonyl (C=O) groups excluding carboxylic acids is 2. The van der Waals surface area contributed by atoms with Gasteiger partial charge in [0.2, 0.25) is 5.91 Å². The predicted octanol–water partition coefficient (Wildman–Crippen LogP) is 5.63. The van der Waals surface area contributed by atoms with Gasteiger partial charge in [-0.2, -0.15) is 0 Å². The van der Waals surface area contributed by atoms with Crippen LogP contribution in [0.3, 0.4) is 0 Å². The molecule has 7 nitrogen and oxygen atoms in total. The maximum Gasteiger partial charge on any atom is 0.309 e. The Morgan fingerprint density at radius 2 is 1.50 bits per heavy atom. The Kier molecular flexibility index (Phi) is 8.48. The summed E-state index contributed by atoms with van der Waals surface area (Å²) in [4.78, 5) is 36.3. The molecule has 2 N–H and O–H groups in total. The zero-order valence-electron chi connectivity index (χ0n) is 21.0. The first-order chi connectivity index (χ1) is 17.1. The number of hydrogen-bond donors (Lipinski definition) is 2. The number of carboxylic acids is 1. The van der Waals surface area contributed by atoms with Crippen LogP contribution in [-0.4, -0.2) is 36.5 Å². The van der Waals surface area contributed by atoms with Crippen molar-refractivity contribution < 1.29 is 29.0 Å². The van der Waals surface area contributed by atoms with Gasteiger partial charge in [0, 0.05) is 17.7 Å². The van der Waals surface area contributed by atoms with Crippen LogP contribution in [0.2, 0.25) is 0 Å². The van der Waals surface area contributed by atoms with Crippen molar-refractivity contribution in [2.45, 2.75) is 33.6 Å². The van der Waals surface area contributed by atoms with Gasteiger partial charge in [-0.1, -0.05) is 42.5 Å². The number of ketones is 1. The third-order valence-corrected chi connectivity index (χ3v) is 5.78. The van der Waals surface area contributed by atoms with Crippen LogP contribution in [0.15, 0.2) is 66.7 Å². The molecule has 0 heterocycles. The van der Waals surface area contributed by atoms with Gasteiger partial charge in [-0.3, -0.25) is 14.4 Å². The summed E-state index contributed by atoms with van der Waals surface area (Å²) < 4.78 is 10.9. The molecule has 0 aliphatic heterocycles. The van der Waals surface area contributed by atoms with Gasteiger partial charge in [-0.15, -0.1) is 0 Å². The molecule has 3 aromatic rings. The summed E-state index contributed by atoms with van der Waals surface area (Å²) in [6.07, 6.45) is 0.123. The first kappa shape index (κ1) is 26.5. The molecule has 0 aliphatic carbocycles. The fourth-order valence-corrected chi connectivity index (χ4v) is 3.66. The molecule has 188 valence electrons. The smallest absolute Gasteiger partial charge is 0.309 e. The van der Waals surface area contributed by atoms with Gasteiger partial charge in [-0.05, 0) is 61.7 Å². The summed E-state index contributed by atoms with van der Waals surface area (Å²) in [7, 11) is 1.56. The molecule has 1 amide bonds. The minimum absolute atomic E-state index is 0.0699. The Bertz CT molecular complexity index is 1230. The van der Waals surface area contributed by atoms with Gasteiger partial charge in [0.05, 0.1) is 25.6 Å². The molecule has 0 aliphatic rings. The lowest BCUT2D eigenvalue weighted by atomic mass is 9.85. The van der Waals surface area contributed by atoms with Crippen molar-refractivity contribution in [2.24, 2.45) is 5.41 Å². The largest absolute Gasteiger partial charge is 0.493 e. The number of Topliss-reactive ketones (excluding diaryl/α,β-unsaturated/α-hetero) is 1. The van der Waals surface area contributed by atoms with E-state index in [-0.39, 0.29) is 24.5 Å². The van der Waals surface area contributed by atoms with E-state index in [1.165, 1.54) is 13.8 Å². The van der Waals surface area contributed by atoms with E-state index >= 15 is 0 Å². The van der Waals surface area contributed by atoms with Crippen molar-refractivity contribution in [3.8, 4) is 22.6 Å². The lowest BCUT2D eigenvalue weighted by Gasteiger charge is -2.17. The number of aliphatic carboxylic acids is 1. The van der Waals surface area contributed by atoms with Gasteiger partial charge >= 0.3 is 5.97 Å². The number of benzene rings is 3. The summed E-state index contributed by atoms with van der Waals surface area (Å²) in [6.45, 7) is 5.50. The Morgan fingerprint density at radius 1 is 0.889 bits per heavy atom. The maximum absolute atomic E-state index is 12.5. The highest BCUT2D eigenvalue weighted by molar-refractivity contribution is 5.99. The molecular formula is C29H31NO6. The molecular weight excluding hydrogens is 458 g/mol. The van der Waals surface area contributed by atoms with E-state index in [1.807, 2.05) is 49.4 Å². The third-order valence-electron chi connectivity index (χ3n) is 5.78. The number of anilines is 1. The summed E-state index contributed by atoms with van der Waals surface area (Å²) in [5, 5.41) is 12.1. The summed E-state index contributed by atoms with van der Waals surface area (Å²) in [6, 6.07) is 19.9. The van der Waals surface area contributed by atoms with Gasteiger partial charge in [0.1, 0.15) is 0 Å². The molecule has 0 radical (unpaired) electrons. The molecule has 0 aromatic heterocycles. The van der Waals surface area contributed by atoms with Crippen LogP contribution in [0, 0.1) is 5.41 Å². The second-order valence-corrected chi connectivity index (χ2v) is 9.09. The highest BCUT2D eigenvalue weighted by Crippen LogP contribution is 2.29. The minimum Gasteiger partial charge on any atom is -0.493 e. The van der Waals surface area contributed by atoms with Gasteiger partial charge in [-0.25, -0.2) is 0 Å². The topological polar surface area (TPSA) is 102 Å². The Hall–Kier alpha value is -4.13. The molecule has 0 saturated heterocycles. The standard InChI is InChI=1S/C29H31NO6/c1-5-36-25-15-6-19(16-26(25)35-4)17-27(32)30-23-13-11-21(12-14-23)20-7-9-22(10-8-20)24(31)18-29(2,3)28(33)34/h6-16H,5,17-18H2,1-4H3,(H,30,32)(H,33,34). The fourth-order valence-electron chi connectivity index (χ4n) is 3.66. The van der Waals surface area contributed by atoms with Crippen molar-refractivity contribution in [1.29, 1.82) is 0 Å². The van der Waals surface area contributed by atoms with Crippen molar-refractivity contribution in [1.82, 2.24) is 0 Å². The van der Waals surface area contributed by atoms with E-state index < -0.39 is 11.4 Å². The SMILES string of the molecule is CCOc1ccc(CC(=O)Nc2ccc(-c3ccc(C(=O)CC(C)(C)C(=O)O)cc3)cc2)cc1OC. The van der Waals surface area contributed by atoms with E-state index in [0.717, 1.165) is 16.7 Å². The van der Waals surface area contributed by atoms with E-state index in [4.69, 9.17) is 9.47 Å². The molecule has 0 spiro atoms.